The number of fused-ring (bicyclic) bond motifs is 1. The summed E-state index contributed by atoms with van der Waals surface area (Å²) in [5, 5.41) is 5.51. The molecule has 0 radical (unpaired) electrons. The molecule has 102 valence electrons. The minimum absolute atomic E-state index is 0.0944. The van der Waals surface area contributed by atoms with Crippen molar-refractivity contribution in [3.63, 3.8) is 0 Å². The Morgan fingerprint density at radius 1 is 1.10 bits per heavy atom. The Labute approximate surface area is 133 Å². The molecule has 0 atom stereocenters. The van der Waals surface area contributed by atoms with E-state index >= 15 is 0 Å². The average Bonchev–Trinajstić information content (AvgIpc) is 2.71. The molecule has 2 heterocycles. The van der Waals surface area contributed by atoms with Crippen LogP contribution in [0.3, 0.4) is 0 Å². The Morgan fingerprint density at radius 2 is 1.75 bits per heavy atom. The van der Waals surface area contributed by atoms with Gasteiger partial charge in [-0.2, -0.15) is 4.98 Å². The molecule has 7 heteroatoms. The van der Waals surface area contributed by atoms with Gasteiger partial charge in [-0.15, -0.1) is 5.10 Å². The second-order valence-corrected chi connectivity index (χ2v) is 6.09. The molecule has 3 rings (SSSR count). The molecule has 0 amide bonds. The maximum Gasteiger partial charge on any atom is 0.225 e. The molecule has 1 aromatic carbocycles. The summed E-state index contributed by atoms with van der Waals surface area (Å²) < 4.78 is 2.80. The zero-order valence-electron chi connectivity index (χ0n) is 10.7. The highest BCUT2D eigenvalue weighted by Crippen LogP contribution is 2.27. The van der Waals surface area contributed by atoms with Crippen LogP contribution in [0.1, 0.15) is 11.1 Å². The van der Waals surface area contributed by atoms with Crippen molar-refractivity contribution in [2.24, 2.45) is 0 Å². The molecule has 0 unspecified atom stereocenters. The first-order valence-corrected chi connectivity index (χ1v) is 7.36. The van der Waals surface area contributed by atoms with Gasteiger partial charge in [-0.3, -0.25) is 0 Å². The van der Waals surface area contributed by atoms with E-state index in [1.165, 1.54) is 0 Å². The fourth-order valence-electron chi connectivity index (χ4n) is 2.23. The number of hydrogen-bond acceptors (Lipinski definition) is 3. The Morgan fingerprint density at radius 3 is 2.40 bits per heavy atom. The summed E-state index contributed by atoms with van der Waals surface area (Å²) in [5.74, 6) is 0. The molecule has 2 aromatic heterocycles. The molecule has 0 spiro atoms. The largest absolute Gasteiger partial charge is 0.238 e. The molecular weight excluding hydrogens is 363 g/mol. The van der Waals surface area contributed by atoms with Crippen molar-refractivity contribution < 1.29 is 0 Å². The normalized spacial score (nSPS) is 11.2. The summed E-state index contributed by atoms with van der Waals surface area (Å²) in [7, 11) is 0. The van der Waals surface area contributed by atoms with Crippen LogP contribution < -0.4 is 0 Å². The smallest absolute Gasteiger partial charge is 0.225 e. The van der Waals surface area contributed by atoms with Crippen LogP contribution in [0.15, 0.2) is 22.8 Å². The molecule has 20 heavy (non-hydrogen) atoms. The van der Waals surface area contributed by atoms with Crippen LogP contribution in [0.25, 0.3) is 16.7 Å². The van der Waals surface area contributed by atoms with Crippen LogP contribution in [0, 0.1) is 13.8 Å². The van der Waals surface area contributed by atoms with Crippen LogP contribution in [-0.2, 0) is 0 Å². The number of nitrogens with zero attached hydrogens (tertiary/aromatic N) is 4. The molecule has 0 aliphatic heterocycles. The molecule has 0 bridgehead atoms. The number of benzene rings is 1. The third-order valence-corrected chi connectivity index (χ3v) is 3.91. The summed E-state index contributed by atoms with van der Waals surface area (Å²) in [5.41, 5.74) is 3.68. The Kier molecular flexibility index (Phi) is 3.44. The number of rotatable bonds is 1. The van der Waals surface area contributed by atoms with Gasteiger partial charge in [0.05, 0.1) is 11.1 Å². The minimum atomic E-state index is 0.0944. The Hall–Kier alpha value is -1.17. The SMILES string of the molecule is Cc1cc(Br)cc(C)c1-n1cc2c(Cl)nc(Cl)nc2n1. The van der Waals surface area contributed by atoms with Crippen molar-refractivity contribution in [2.75, 3.05) is 0 Å². The predicted molar refractivity (Wildman–Crippen MR) is 83.9 cm³/mol. The topological polar surface area (TPSA) is 43.6 Å². The van der Waals surface area contributed by atoms with Gasteiger partial charge in [0, 0.05) is 10.7 Å². The van der Waals surface area contributed by atoms with Crippen molar-refractivity contribution in [2.45, 2.75) is 13.8 Å². The van der Waals surface area contributed by atoms with Gasteiger partial charge in [-0.05, 0) is 48.7 Å². The Bertz CT molecular complexity index is 806. The summed E-state index contributed by atoms with van der Waals surface area (Å²) >= 11 is 15.4. The lowest BCUT2D eigenvalue weighted by molar-refractivity contribution is 0.872. The van der Waals surface area contributed by atoms with Crippen molar-refractivity contribution in [3.8, 4) is 5.69 Å². The van der Waals surface area contributed by atoms with Gasteiger partial charge >= 0.3 is 0 Å². The maximum atomic E-state index is 6.07. The number of aromatic nitrogens is 4. The summed E-state index contributed by atoms with van der Waals surface area (Å²) in [6.07, 6.45) is 1.82. The first-order chi connectivity index (χ1) is 9.45. The van der Waals surface area contributed by atoms with E-state index in [1.54, 1.807) is 4.68 Å². The zero-order valence-corrected chi connectivity index (χ0v) is 13.8. The van der Waals surface area contributed by atoms with E-state index in [0.29, 0.717) is 16.2 Å². The highest BCUT2D eigenvalue weighted by atomic mass is 79.9. The molecule has 0 saturated carbocycles. The highest BCUT2D eigenvalue weighted by Gasteiger charge is 2.13. The van der Waals surface area contributed by atoms with Crippen LogP contribution in [0.5, 0.6) is 0 Å². The summed E-state index contributed by atoms with van der Waals surface area (Å²) in [4.78, 5) is 8.01. The van der Waals surface area contributed by atoms with E-state index in [2.05, 4.69) is 31.0 Å². The fraction of sp³-hybridized carbons (Fsp3) is 0.154. The number of hydrogen-bond donors (Lipinski definition) is 0. The van der Waals surface area contributed by atoms with Crippen LogP contribution >= 0.6 is 39.1 Å². The fourth-order valence-corrected chi connectivity index (χ4v) is 3.33. The van der Waals surface area contributed by atoms with Crippen LogP contribution in [0.4, 0.5) is 0 Å². The van der Waals surface area contributed by atoms with Gasteiger partial charge in [0.1, 0.15) is 5.15 Å². The maximum absolute atomic E-state index is 6.07. The molecule has 0 saturated heterocycles. The second-order valence-electron chi connectivity index (χ2n) is 4.48. The van der Waals surface area contributed by atoms with Crippen molar-refractivity contribution in [1.29, 1.82) is 0 Å². The molecule has 0 N–H and O–H groups in total. The van der Waals surface area contributed by atoms with Crippen LogP contribution in [-0.4, -0.2) is 19.7 Å². The molecule has 0 aliphatic rings. The van der Waals surface area contributed by atoms with Crippen LogP contribution in [0.2, 0.25) is 10.4 Å². The summed E-state index contributed by atoms with van der Waals surface area (Å²) in [6, 6.07) is 4.07. The van der Waals surface area contributed by atoms with E-state index < -0.39 is 0 Å². The average molecular weight is 372 g/mol. The summed E-state index contributed by atoms with van der Waals surface area (Å²) in [6.45, 7) is 4.05. The van der Waals surface area contributed by atoms with E-state index in [9.17, 15) is 0 Å². The lowest BCUT2D eigenvalue weighted by atomic mass is 10.1. The van der Waals surface area contributed by atoms with E-state index in [1.807, 2.05) is 32.2 Å². The minimum Gasteiger partial charge on any atom is -0.238 e. The molecule has 0 aliphatic carbocycles. The lowest BCUT2D eigenvalue weighted by Gasteiger charge is -2.10. The van der Waals surface area contributed by atoms with Crippen molar-refractivity contribution >= 4 is 50.2 Å². The van der Waals surface area contributed by atoms with Gasteiger partial charge in [0.25, 0.3) is 0 Å². The predicted octanol–water partition coefficient (Wildman–Crippen LogP) is 4.50. The number of aryl methyl sites for hydroxylation is 2. The third-order valence-electron chi connectivity index (χ3n) is 2.99. The zero-order chi connectivity index (χ0) is 14.4. The van der Waals surface area contributed by atoms with Gasteiger partial charge in [0.2, 0.25) is 5.28 Å². The quantitative estimate of drug-likeness (QED) is 0.467. The highest BCUT2D eigenvalue weighted by molar-refractivity contribution is 9.10. The lowest BCUT2D eigenvalue weighted by Crippen LogP contribution is -2.00. The van der Waals surface area contributed by atoms with Crippen molar-refractivity contribution in [3.05, 3.63) is 44.4 Å². The molecular formula is C13H9BrCl2N4. The van der Waals surface area contributed by atoms with Gasteiger partial charge in [-0.25, -0.2) is 9.67 Å². The van der Waals surface area contributed by atoms with E-state index in [4.69, 9.17) is 23.2 Å². The second kappa shape index (κ2) is 4.98. The third kappa shape index (κ3) is 2.30. The monoisotopic (exact) mass is 370 g/mol. The van der Waals surface area contributed by atoms with Gasteiger partial charge < -0.3 is 0 Å². The standard InChI is InChI=1S/C13H9BrCl2N4/c1-6-3-8(14)4-7(2)10(6)20-5-9-11(15)17-13(16)18-12(9)19-20/h3-5H,1-2H3. The molecule has 4 nitrogen and oxygen atoms in total. The van der Waals surface area contributed by atoms with Gasteiger partial charge in [0.15, 0.2) is 5.65 Å². The molecule has 0 fully saturated rings. The van der Waals surface area contributed by atoms with Gasteiger partial charge in [-0.1, -0.05) is 27.5 Å². The van der Waals surface area contributed by atoms with Crippen molar-refractivity contribution in [1.82, 2.24) is 19.7 Å². The number of halogens is 3. The molecule has 3 aromatic rings. The van der Waals surface area contributed by atoms with E-state index in [-0.39, 0.29) is 5.28 Å². The Balaban J connectivity index is 2.28. The first kappa shape index (κ1) is 13.8. The first-order valence-electron chi connectivity index (χ1n) is 5.81. The van der Waals surface area contributed by atoms with E-state index in [0.717, 1.165) is 21.3 Å².